The van der Waals surface area contributed by atoms with Gasteiger partial charge in [0.25, 0.3) is 0 Å². The molecule has 2 fully saturated rings. The molecule has 0 aliphatic carbocycles. The smallest absolute Gasteiger partial charge is 0.241 e. The maximum Gasteiger partial charge on any atom is 0.241 e. The van der Waals surface area contributed by atoms with E-state index < -0.39 is 0 Å². The van der Waals surface area contributed by atoms with Gasteiger partial charge in [0.2, 0.25) is 5.91 Å². The van der Waals surface area contributed by atoms with E-state index in [-0.39, 0.29) is 11.9 Å². The van der Waals surface area contributed by atoms with Gasteiger partial charge in [-0.1, -0.05) is 18.6 Å². The summed E-state index contributed by atoms with van der Waals surface area (Å²) >= 11 is 2.05. The first-order chi connectivity index (χ1) is 11.3. The standard InChI is InChI=1S/C18H27N3OS/c22-18(17-3-1-2-9-19-17)20-16-6-4-15(5-7-16)8-10-21-11-13-23-14-12-21/h4-7,17,19H,1-3,8-14H2,(H,20,22)/t17-/m1/s1. The zero-order valence-electron chi connectivity index (χ0n) is 13.7. The number of rotatable bonds is 5. The van der Waals surface area contributed by atoms with Crippen LogP contribution in [0.1, 0.15) is 24.8 Å². The monoisotopic (exact) mass is 333 g/mol. The van der Waals surface area contributed by atoms with Crippen molar-refractivity contribution in [2.75, 3.05) is 43.0 Å². The topological polar surface area (TPSA) is 44.4 Å². The van der Waals surface area contributed by atoms with Crippen LogP contribution in [0.25, 0.3) is 0 Å². The summed E-state index contributed by atoms with van der Waals surface area (Å²) in [6, 6.07) is 8.32. The molecule has 0 bridgehead atoms. The molecule has 23 heavy (non-hydrogen) atoms. The number of carbonyl (C=O) groups excluding carboxylic acids is 1. The molecule has 2 heterocycles. The predicted molar refractivity (Wildman–Crippen MR) is 98.2 cm³/mol. The second-order valence-electron chi connectivity index (χ2n) is 6.39. The number of amides is 1. The van der Waals surface area contributed by atoms with Crippen LogP contribution in [0.4, 0.5) is 5.69 Å². The minimum atomic E-state index is -0.0274. The Morgan fingerprint density at radius 2 is 2.00 bits per heavy atom. The molecule has 1 aromatic rings. The summed E-state index contributed by atoms with van der Waals surface area (Å²) in [5.74, 6) is 2.63. The molecule has 2 N–H and O–H groups in total. The van der Waals surface area contributed by atoms with Gasteiger partial charge < -0.3 is 15.5 Å². The van der Waals surface area contributed by atoms with Gasteiger partial charge in [-0.2, -0.15) is 11.8 Å². The number of nitrogens with zero attached hydrogens (tertiary/aromatic N) is 1. The Balaban J connectivity index is 1.45. The summed E-state index contributed by atoms with van der Waals surface area (Å²) in [6.07, 6.45) is 4.34. The highest BCUT2D eigenvalue weighted by molar-refractivity contribution is 7.99. The van der Waals surface area contributed by atoms with Crippen molar-refractivity contribution in [1.82, 2.24) is 10.2 Å². The second kappa shape index (κ2) is 8.71. The molecule has 0 radical (unpaired) electrons. The van der Waals surface area contributed by atoms with Crippen molar-refractivity contribution in [1.29, 1.82) is 0 Å². The third-order valence-electron chi connectivity index (χ3n) is 4.67. The quantitative estimate of drug-likeness (QED) is 0.868. The zero-order chi connectivity index (χ0) is 15.9. The molecule has 1 atom stereocenters. The molecular weight excluding hydrogens is 306 g/mol. The molecule has 0 spiro atoms. The number of hydrogen-bond acceptors (Lipinski definition) is 4. The van der Waals surface area contributed by atoms with E-state index in [1.165, 1.54) is 36.6 Å². The van der Waals surface area contributed by atoms with E-state index in [0.29, 0.717) is 0 Å². The number of thioether (sulfide) groups is 1. The van der Waals surface area contributed by atoms with Gasteiger partial charge in [0.1, 0.15) is 0 Å². The summed E-state index contributed by atoms with van der Waals surface area (Å²) in [6.45, 7) is 4.52. The number of nitrogens with one attached hydrogen (secondary N) is 2. The Bertz CT molecular complexity index is 493. The van der Waals surface area contributed by atoms with Gasteiger partial charge in [0, 0.05) is 36.8 Å². The van der Waals surface area contributed by atoms with Crippen molar-refractivity contribution in [2.24, 2.45) is 0 Å². The van der Waals surface area contributed by atoms with Crippen LogP contribution in [-0.4, -0.2) is 54.5 Å². The van der Waals surface area contributed by atoms with Crippen LogP contribution >= 0.6 is 11.8 Å². The molecular formula is C18H27N3OS. The molecule has 3 rings (SSSR count). The highest BCUT2D eigenvalue weighted by Gasteiger charge is 2.20. The van der Waals surface area contributed by atoms with E-state index >= 15 is 0 Å². The average Bonchev–Trinajstić information content (AvgIpc) is 2.63. The first kappa shape index (κ1) is 16.8. The van der Waals surface area contributed by atoms with Crippen molar-refractivity contribution in [3.63, 3.8) is 0 Å². The number of hydrogen-bond donors (Lipinski definition) is 2. The minimum absolute atomic E-state index is 0.0274. The Kier molecular flexibility index (Phi) is 6.37. The largest absolute Gasteiger partial charge is 0.325 e. The molecule has 0 saturated carbocycles. The third-order valence-corrected chi connectivity index (χ3v) is 5.61. The van der Waals surface area contributed by atoms with Gasteiger partial charge >= 0.3 is 0 Å². The fourth-order valence-corrected chi connectivity index (χ4v) is 4.15. The lowest BCUT2D eigenvalue weighted by atomic mass is 10.0. The Morgan fingerprint density at radius 3 is 2.70 bits per heavy atom. The highest BCUT2D eigenvalue weighted by Crippen LogP contribution is 2.14. The SMILES string of the molecule is O=C(Nc1ccc(CCN2CCSCC2)cc1)[C@H]1CCCCN1. The van der Waals surface area contributed by atoms with Gasteiger partial charge in [-0.3, -0.25) is 4.79 Å². The summed E-state index contributed by atoms with van der Waals surface area (Å²) in [4.78, 5) is 14.7. The Hall–Kier alpha value is -1.04. The minimum Gasteiger partial charge on any atom is -0.325 e. The van der Waals surface area contributed by atoms with Crippen LogP contribution in [0.2, 0.25) is 0 Å². The molecule has 2 aliphatic heterocycles. The van der Waals surface area contributed by atoms with Crippen LogP contribution in [0, 0.1) is 0 Å². The Morgan fingerprint density at radius 1 is 1.22 bits per heavy atom. The zero-order valence-corrected chi connectivity index (χ0v) is 14.5. The molecule has 126 valence electrons. The van der Waals surface area contributed by atoms with Gasteiger partial charge in [0.15, 0.2) is 0 Å². The molecule has 4 nitrogen and oxygen atoms in total. The average molecular weight is 334 g/mol. The summed E-state index contributed by atoms with van der Waals surface area (Å²) < 4.78 is 0. The van der Waals surface area contributed by atoms with Crippen molar-refractivity contribution >= 4 is 23.4 Å². The van der Waals surface area contributed by atoms with E-state index in [0.717, 1.165) is 38.0 Å². The van der Waals surface area contributed by atoms with Crippen LogP contribution in [-0.2, 0) is 11.2 Å². The normalized spacial score (nSPS) is 22.7. The third kappa shape index (κ3) is 5.23. The molecule has 0 aromatic heterocycles. The van der Waals surface area contributed by atoms with E-state index in [4.69, 9.17) is 0 Å². The lowest BCUT2D eigenvalue weighted by Gasteiger charge is -2.26. The van der Waals surface area contributed by atoms with Gasteiger partial charge in [0.05, 0.1) is 6.04 Å². The van der Waals surface area contributed by atoms with Crippen LogP contribution < -0.4 is 10.6 Å². The molecule has 1 amide bonds. The maximum absolute atomic E-state index is 12.2. The van der Waals surface area contributed by atoms with Crippen molar-refractivity contribution in [2.45, 2.75) is 31.7 Å². The maximum atomic E-state index is 12.2. The van der Waals surface area contributed by atoms with Gasteiger partial charge in [-0.05, 0) is 43.5 Å². The highest BCUT2D eigenvalue weighted by atomic mass is 32.2. The molecule has 2 saturated heterocycles. The van der Waals surface area contributed by atoms with Gasteiger partial charge in [-0.25, -0.2) is 0 Å². The second-order valence-corrected chi connectivity index (χ2v) is 7.62. The van der Waals surface area contributed by atoms with Gasteiger partial charge in [-0.15, -0.1) is 0 Å². The summed E-state index contributed by atoms with van der Waals surface area (Å²) in [5.41, 5.74) is 2.25. The van der Waals surface area contributed by atoms with E-state index in [2.05, 4.69) is 39.4 Å². The van der Waals surface area contributed by atoms with Crippen LogP contribution in [0.15, 0.2) is 24.3 Å². The fourth-order valence-electron chi connectivity index (χ4n) is 3.17. The lowest BCUT2D eigenvalue weighted by Crippen LogP contribution is -2.43. The van der Waals surface area contributed by atoms with E-state index in [1.807, 2.05) is 12.1 Å². The van der Waals surface area contributed by atoms with Crippen molar-refractivity contribution in [3.8, 4) is 0 Å². The summed E-state index contributed by atoms with van der Waals surface area (Å²) in [5, 5.41) is 6.32. The molecule has 2 aliphatic rings. The summed E-state index contributed by atoms with van der Waals surface area (Å²) in [7, 11) is 0. The van der Waals surface area contributed by atoms with Crippen LogP contribution in [0.5, 0.6) is 0 Å². The lowest BCUT2D eigenvalue weighted by molar-refractivity contribution is -0.118. The number of carbonyl (C=O) groups is 1. The van der Waals surface area contributed by atoms with E-state index in [1.54, 1.807) is 0 Å². The fraction of sp³-hybridized carbons (Fsp3) is 0.611. The predicted octanol–water partition coefficient (Wildman–Crippen LogP) is 2.36. The Labute approximate surface area is 143 Å². The van der Waals surface area contributed by atoms with Crippen molar-refractivity contribution in [3.05, 3.63) is 29.8 Å². The molecule has 1 aromatic carbocycles. The number of anilines is 1. The van der Waals surface area contributed by atoms with E-state index in [9.17, 15) is 4.79 Å². The first-order valence-electron chi connectivity index (χ1n) is 8.74. The van der Waals surface area contributed by atoms with Crippen LogP contribution in [0.3, 0.4) is 0 Å². The number of benzene rings is 1. The molecule has 5 heteroatoms. The van der Waals surface area contributed by atoms with Crippen molar-refractivity contribution < 1.29 is 4.79 Å². The molecule has 0 unspecified atom stereocenters. The first-order valence-corrected chi connectivity index (χ1v) is 9.90. The number of piperidine rings is 1.